The van der Waals surface area contributed by atoms with E-state index in [1.54, 1.807) is 24.3 Å². The van der Waals surface area contributed by atoms with E-state index in [2.05, 4.69) is 10.1 Å². The number of hydrogen-bond acceptors (Lipinski definition) is 8. The Morgan fingerprint density at radius 1 is 1.04 bits per heavy atom. The Balaban J connectivity index is 2.89. The maximum atomic E-state index is 12.3. The molecule has 1 aromatic rings. The van der Waals surface area contributed by atoms with Crippen LogP contribution in [0.1, 0.15) is 28.8 Å². The van der Waals surface area contributed by atoms with E-state index in [1.807, 2.05) is 0 Å². The van der Waals surface area contributed by atoms with Gasteiger partial charge in [-0.1, -0.05) is 18.2 Å². The summed E-state index contributed by atoms with van der Waals surface area (Å²) in [6, 6.07) is 4.49. The van der Waals surface area contributed by atoms with Gasteiger partial charge in [0.1, 0.15) is 6.04 Å². The van der Waals surface area contributed by atoms with Crippen LogP contribution in [0.5, 0.6) is 0 Å². The van der Waals surface area contributed by atoms with E-state index in [0.29, 0.717) is 5.56 Å². The summed E-state index contributed by atoms with van der Waals surface area (Å²) in [5.74, 6) is -2.36. The minimum absolute atomic E-state index is 0.00735. The Morgan fingerprint density at radius 3 is 2.30 bits per heavy atom. The molecule has 0 radical (unpaired) electrons. The van der Waals surface area contributed by atoms with Gasteiger partial charge in [-0.3, -0.25) is 9.59 Å². The molecule has 0 fully saturated rings. The molecule has 0 aliphatic heterocycles. The van der Waals surface area contributed by atoms with Crippen molar-refractivity contribution in [3.63, 3.8) is 0 Å². The number of nitrogens with one attached hydrogen (secondary N) is 1. The van der Waals surface area contributed by atoms with Crippen LogP contribution < -0.4 is 11.1 Å². The Kier molecular flexibility index (Phi) is 8.94. The number of ether oxygens (including phenoxy) is 3. The quantitative estimate of drug-likeness (QED) is 0.450. The average Bonchev–Trinajstić information content (AvgIpc) is 2.69. The number of methoxy groups -OCH3 is 3. The third-order valence-corrected chi connectivity index (χ3v) is 3.87. The molecule has 0 aromatic heterocycles. The number of hydrogen-bond donors (Lipinski definition) is 2. The molecule has 1 amide bonds. The summed E-state index contributed by atoms with van der Waals surface area (Å²) < 4.78 is 13.9. The molecule has 0 spiro atoms. The van der Waals surface area contributed by atoms with E-state index in [0.717, 1.165) is 0 Å². The molecule has 0 aliphatic rings. The van der Waals surface area contributed by atoms with Crippen molar-refractivity contribution in [3.05, 3.63) is 35.4 Å². The minimum atomic E-state index is -1.06. The molecular weight excluding hydrogens is 356 g/mol. The number of nitrogens with two attached hydrogens (primary N) is 1. The van der Waals surface area contributed by atoms with Gasteiger partial charge >= 0.3 is 17.9 Å². The normalized spacial score (nSPS) is 12.4. The van der Waals surface area contributed by atoms with Crippen LogP contribution in [0.4, 0.5) is 0 Å². The van der Waals surface area contributed by atoms with Gasteiger partial charge < -0.3 is 25.3 Å². The topological polar surface area (TPSA) is 134 Å². The first kappa shape index (κ1) is 22.1. The van der Waals surface area contributed by atoms with Gasteiger partial charge in [-0.15, -0.1) is 0 Å². The third kappa shape index (κ3) is 6.70. The largest absolute Gasteiger partial charge is 0.469 e. The summed E-state index contributed by atoms with van der Waals surface area (Å²) in [5.41, 5.74) is 6.54. The summed E-state index contributed by atoms with van der Waals surface area (Å²) in [6.07, 6.45) is 0.0394. The molecule has 1 aromatic carbocycles. The van der Waals surface area contributed by atoms with Crippen molar-refractivity contribution < 1.29 is 33.4 Å². The van der Waals surface area contributed by atoms with Crippen molar-refractivity contribution in [2.75, 3.05) is 21.3 Å². The molecule has 2 atom stereocenters. The number of carbonyl (C=O) groups excluding carboxylic acids is 4. The van der Waals surface area contributed by atoms with Crippen LogP contribution in [0.15, 0.2) is 24.3 Å². The van der Waals surface area contributed by atoms with E-state index in [4.69, 9.17) is 15.2 Å². The molecule has 27 heavy (non-hydrogen) atoms. The van der Waals surface area contributed by atoms with Crippen molar-refractivity contribution in [1.29, 1.82) is 0 Å². The standard InChI is InChI=1S/C18H24N2O7/c1-25-15(21)9-8-13(19)16(22)20-14(18(24)27-3)10-11-6-4-5-7-12(11)17(23)26-2/h4-7,13-14H,8-10,19H2,1-3H3,(H,20,22)/t13-,14-/m0/s1. The van der Waals surface area contributed by atoms with Gasteiger partial charge in [0.15, 0.2) is 0 Å². The number of amides is 1. The van der Waals surface area contributed by atoms with Crippen LogP contribution in [-0.2, 0) is 35.0 Å². The molecular formula is C18H24N2O7. The fourth-order valence-electron chi connectivity index (χ4n) is 2.35. The highest BCUT2D eigenvalue weighted by atomic mass is 16.5. The zero-order valence-electron chi connectivity index (χ0n) is 15.5. The highest BCUT2D eigenvalue weighted by Gasteiger charge is 2.26. The van der Waals surface area contributed by atoms with Crippen LogP contribution in [0.25, 0.3) is 0 Å². The molecule has 0 unspecified atom stereocenters. The molecule has 148 valence electrons. The number of rotatable bonds is 9. The number of carbonyl (C=O) groups is 4. The lowest BCUT2D eigenvalue weighted by Gasteiger charge is -2.20. The van der Waals surface area contributed by atoms with Gasteiger partial charge in [0.05, 0.1) is 32.9 Å². The predicted molar refractivity (Wildman–Crippen MR) is 94.7 cm³/mol. The lowest BCUT2D eigenvalue weighted by molar-refractivity contribution is -0.145. The third-order valence-electron chi connectivity index (χ3n) is 3.87. The second-order valence-electron chi connectivity index (χ2n) is 5.66. The molecule has 0 heterocycles. The fourth-order valence-corrected chi connectivity index (χ4v) is 2.35. The maximum absolute atomic E-state index is 12.3. The minimum Gasteiger partial charge on any atom is -0.469 e. The number of benzene rings is 1. The second-order valence-corrected chi connectivity index (χ2v) is 5.66. The van der Waals surface area contributed by atoms with E-state index < -0.39 is 35.9 Å². The molecule has 0 bridgehead atoms. The molecule has 9 nitrogen and oxygen atoms in total. The van der Waals surface area contributed by atoms with Crippen molar-refractivity contribution >= 4 is 23.8 Å². The maximum Gasteiger partial charge on any atom is 0.338 e. The van der Waals surface area contributed by atoms with E-state index in [-0.39, 0.29) is 24.8 Å². The lowest BCUT2D eigenvalue weighted by atomic mass is 9.99. The van der Waals surface area contributed by atoms with Crippen LogP contribution in [0.2, 0.25) is 0 Å². The first-order valence-electron chi connectivity index (χ1n) is 8.20. The molecule has 1 rings (SSSR count). The van der Waals surface area contributed by atoms with Crippen LogP contribution in [-0.4, -0.2) is 57.2 Å². The Bertz CT molecular complexity index is 690. The lowest BCUT2D eigenvalue weighted by Crippen LogP contribution is -2.49. The molecule has 3 N–H and O–H groups in total. The Hall–Kier alpha value is -2.94. The van der Waals surface area contributed by atoms with Crippen molar-refractivity contribution in [1.82, 2.24) is 5.32 Å². The molecule has 0 aliphatic carbocycles. The average molecular weight is 380 g/mol. The fraction of sp³-hybridized carbons (Fsp3) is 0.444. The van der Waals surface area contributed by atoms with Crippen LogP contribution in [0, 0.1) is 0 Å². The van der Waals surface area contributed by atoms with Gasteiger partial charge in [-0.25, -0.2) is 9.59 Å². The van der Waals surface area contributed by atoms with Gasteiger partial charge in [-0.05, 0) is 18.1 Å². The summed E-state index contributed by atoms with van der Waals surface area (Å²) in [6.45, 7) is 0. The van der Waals surface area contributed by atoms with E-state index in [9.17, 15) is 19.2 Å². The van der Waals surface area contributed by atoms with Gasteiger partial charge in [-0.2, -0.15) is 0 Å². The number of esters is 3. The zero-order chi connectivity index (χ0) is 20.4. The first-order valence-corrected chi connectivity index (χ1v) is 8.20. The smallest absolute Gasteiger partial charge is 0.338 e. The van der Waals surface area contributed by atoms with E-state index >= 15 is 0 Å². The summed E-state index contributed by atoms with van der Waals surface area (Å²) in [4.78, 5) is 47.4. The summed E-state index contributed by atoms with van der Waals surface area (Å²) in [7, 11) is 3.67. The predicted octanol–water partition coefficient (Wildman–Crippen LogP) is -0.0460. The monoisotopic (exact) mass is 380 g/mol. The second kappa shape index (κ2) is 10.9. The molecule has 9 heteroatoms. The summed E-state index contributed by atoms with van der Waals surface area (Å²) in [5, 5.41) is 2.50. The van der Waals surface area contributed by atoms with Gasteiger partial charge in [0.25, 0.3) is 0 Å². The van der Waals surface area contributed by atoms with Crippen molar-refractivity contribution in [2.45, 2.75) is 31.3 Å². The van der Waals surface area contributed by atoms with Crippen LogP contribution in [0.3, 0.4) is 0 Å². The summed E-state index contributed by atoms with van der Waals surface area (Å²) >= 11 is 0. The van der Waals surface area contributed by atoms with Gasteiger partial charge in [0, 0.05) is 12.8 Å². The first-order chi connectivity index (χ1) is 12.8. The Labute approximate surface area is 157 Å². The highest BCUT2D eigenvalue weighted by Crippen LogP contribution is 2.13. The van der Waals surface area contributed by atoms with E-state index in [1.165, 1.54) is 21.3 Å². The highest BCUT2D eigenvalue weighted by molar-refractivity contribution is 5.92. The van der Waals surface area contributed by atoms with Crippen LogP contribution >= 0.6 is 0 Å². The molecule has 0 saturated heterocycles. The van der Waals surface area contributed by atoms with Crippen molar-refractivity contribution in [3.8, 4) is 0 Å². The zero-order valence-corrected chi connectivity index (χ0v) is 15.5. The Morgan fingerprint density at radius 2 is 1.70 bits per heavy atom. The SMILES string of the molecule is COC(=O)CC[C@H](N)C(=O)N[C@@H](Cc1ccccc1C(=O)OC)C(=O)OC. The molecule has 0 saturated carbocycles. The van der Waals surface area contributed by atoms with Crippen molar-refractivity contribution in [2.24, 2.45) is 5.73 Å². The van der Waals surface area contributed by atoms with Gasteiger partial charge in [0.2, 0.25) is 5.91 Å².